The summed E-state index contributed by atoms with van der Waals surface area (Å²) in [5, 5.41) is 0. The third-order valence-electron chi connectivity index (χ3n) is 2.10. The van der Waals surface area contributed by atoms with E-state index in [0.717, 1.165) is 0 Å². The van der Waals surface area contributed by atoms with Gasteiger partial charge >= 0.3 is 18.5 Å². The van der Waals surface area contributed by atoms with Crippen LogP contribution in [0.2, 0.25) is 0 Å². The van der Waals surface area contributed by atoms with Gasteiger partial charge in [-0.05, 0) is 0 Å². The molecule has 1 nitrogen and oxygen atoms in total. The molecule has 1 aliphatic heterocycles. The van der Waals surface area contributed by atoms with Gasteiger partial charge in [-0.2, -0.15) is 39.5 Å². The molecular weight excluding hydrogens is 259 g/mol. The highest BCUT2D eigenvalue weighted by Gasteiger charge is 2.80. The smallest absolute Gasteiger partial charge is 0.345 e. The van der Waals surface area contributed by atoms with E-state index in [1.165, 1.54) is 0 Å². The van der Waals surface area contributed by atoms with Crippen LogP contribution in [0.5, 0.6) is 0 Å². The molecule has 0 unspecified atom stereocenters. The first-order valence-corrected chi connectivity index (χ1v) is 3.69. The van der Waals surface area contributed by atoms with Crippen molar-refractivity contribution in [3.63, 3.8) is 0 Å². The van der Waals surface area contributed by atoms with E-state index in [-0.39, 0.29) is 0 Å². The van der Waals surface area contributed by atoms with Gasteiger partial charge in [0.2, 0.25) is 0 Å². The summed E-state index contributed by atoms with van der Waals surface area (Å²) in [6.45, 7) is 0. The van der Waals surface area contributed by atoms with Crippen LogP contribution in [0.15, 0.2) is 0 Å². The van der Waals surface area contributed by atoms with Crippen LogP contribution in [0.25, 0.3) is 0 Å². The lowest BCUT2D eigenvalue weighted by molar-refractivity contribution is -0.464. The SMILES string of the molecule is FC(F)(F)[C@@H]1CC(C(F)(F)F)(C(F)(F)F)O1. The van der Waals surface area contributed by atoms with E-state index in [9.17, 15) is 39.5 Å². The molecule has 0 aromatic rings. The van der Waals surface area contributed by atoms with Gasteiger partial charge in [-0.1, -0.05) is 0 Å². The first-order valence-electron chi connectivity index (χ1n) is 3.69. The Balaban J connectivity index is 2.92. The molecular formula is C6H3F9O. The van der Waals surface area contributed by atoms with Gasteiger partial charge in [-0.3, -0.25) is 0 Å². The summed E-state index contributed by atoms with van der Waals surface area (Å²) in [6, 6.07) is 0. The summed E-state index contributed by atoms with van der Waals surface area (Å²) in [6.07, 6.45) is -22.3. The van der Waals surface area contributed by atoms with Crippen molar-refractivity contribution in [3.05, 3.63) is 0 Å². The standard InChI is InChI=1S/C6H3F9O/c7-4(8,9)2-1-3(16-2,5(10,11)12)6(13,14)15/h2H,1H2/t2-/m0/s1. The number of ether oxygens (including phenoxy) is 1. The Labute approximate surface area is 82.2 Å². The van der Waals surface area contributed by atoms with Crippen LogP contribution in [0.3, 0.4) is 0 Å². The molecule has 1 aliphatic rings. The molecule has 0 amide bonds. The second kappa shape index (κ2) is 3.17. The van der Waals surface area contributed by atoms with E-state index >= 15 is 0 Å². The van der Waals surface area contributed by atoms with Gasteiger partial charge in [0.25, 0.3) is 5.60 Å². The molecule has 0 saturated carbocycles. The van der Waals surface area contributed by atoms with Crippen LogP contribution in [-0.2, 0) is 4.74 Å². The molecule has 16 heavy (non-hydrogen) atoms. The van der Waals surface area contributed by atoms with E-state index in [1.54, 1.807) is 0 Å². The lowest BCUT2D eigenvalue weighted by Crippen LogP contribution is -2.70. The van der Waals surface area contributed by atoms with Crippen molar-refractivity contribution in [2.45, 2.75) is 36.7 Å². The normalized spacial score (nSPS) is 26.4. The second-order valence-electron chi connectivity index (χ2n) is 3.17. The maximum Gasteiger partial charge on any atom is 0.426 e. The third-order valence-corrected chi connectivity index (χ3v) is 2.10. The summed E-state index contributed by atoms with van der Waals surface area (Å²) in [5.41, 5.74) is -4.69. The van der Waals surface area contributed by atoms with Gasteiger partial charge in [0, 0.05) is 6.42 Å². The van der Waals surface area contributed by atoms with Crippen molar-refractivity contribution in [2.75, 3.05) is 0 Å². The number of hydrogen-bond acceptors (Lipinski definition) is 1. The maximum atomic E-state index is 12.0. The molecule has 0 aliphatic carbocycles. The summed E-state index contributed by atoms with van der Waals surface area (Å²) in [7, 11) is 0. The highest BCUT2D eigenvalue weighted by Crippen LogP contribution is 2.57. The molecule has 1 atom stereocenters. The van der Waals surface area contributed by atoms with Crippen molar-refractivity contribution in [2.24, 2.45) is 0 Å². The summed E-state index contributed by atoms with van der Waals surface area (Å²) < 4.78 is 110. The lowest BCUT2D eigenvalue weighted by atomic mass is 9.87. The molecule has 10 heteroatoms. The zero-order chi connectivity index (χ0) is 13.0. The molecule has 0 bridgehead atoms. The molecule has 0 aromatic heterocycles. The molecule has 1 saturated heterocycles. The van der Waals surface area contributed by atoms with Crippen LogP contribution in [0.4, 0.5) is 39.5 Å². The molecule has 96 valence electrons. The topological polar surface area (TPSA) is 9.23 Å². The van der Waals surface area contributed by atoms with Crippen molar-refractivity contribution in [1.29, 1.82) is 0 Å². The van der Waals surface area contributed by atoms with E-state index in [0.29, 0.717) is 0 Å². The van der Waals surface area contributed by atoms with Crippen LogP contribution < -0.4 is 0 Å². The lowest BCUT2D eigenvalue weighted by Gasteiger charge is -2.48. The highest BCUT2D eigenvalue weighted by molar-refractivity contribution is 5.06. The minimum absolute atomic E-state index is 2.19. The van der Waals surface area contributed by atoms with Crippen molar-refractivity contribution >= 4 is 0 Å². The van der Waals surface area contributed by atoms with Crippen molar-refractivity contribution in [1.82, 2.24) is 0 Å². The van der Waals surface area contributed by atoms with E-state index in [1.807, 2.05) is 0 Å². The second-order valence-corrected chi connectivity index (χ2v) is 3.17. The Morgan fingerprint density at radius 3 is 1.31 bits per heavy atom. The van der Waals surface area contributed by atoms with Gasteiger partial charge in [0.15, 0.2) is 6.10 Å². The van der Waals surface area contributed by atoms with Crippen molar-refractivity contribution in [3.8, 4) is 0 Å². The fourth-order valence-electron chi connectivity index (χ4n) is 1.20. The van der Waals surface area contributed by atoms with Crippen molar-refractivity contribution < 1.29 is 44.3 Å². The summed E-state index contributed by atoms with van der Waals surface area (Å²) in [4.78, 5) is 0. The Morgan fingerprint density at radius 1 is 0.812 bits per heavy atom. The van der Waals surface area contributed by atoms with E-state index in [2.05, 4.69) is 4.74 Å². The average molecular weight is 262 g/mol. The number of alkyl halides is 9. The van der Waals surface area contributed by atoms with Crippen LogP contribution in [0.1, 0.15) is 6.42 Å². The Bertz CT molecular complexity index is 249. The minimum Gasteiger partial charge on any atom is -0.345 e. The first-order chi connectivity index (χ1) is 6.81. The van der Waals surface area contributed by atoms with Crippen LogP contribution in [-0.4, -0.2) is 30.2 Å². The number of rotatable bonds is 0. The average Bonchev–Trinajstić information content (AvgIpc) is 1.69. The van der Waals surface area contributed by atoms with Gasteiger partial charge < -0.3 is 4.74 Å². The zero-order valence-electron chi connectivity index (χ0n) is 7.09. The predicted octanol–water partition coefficient (Wildman–Crippen LogP) is 3.20. The Kier molecular flexibility index (Phi) is 2.66. The fourth-order valence-corrected chi connectivity index (χ4v) is 1.20. The molecule has 0 radical (unpaired) electrons. The Morgan fingerprint density at radius 2 is 1.12 bits per heavy atom. The number of halogens is 9. The van der Waals surface area contributed by atoms with E-state index in [4.69, 9.17) is 0 Å². The molecule has 1 heterocycles. The number of hydrogen-bond donors (Lipinski definition) is 0. The van der Waals surface area contributed by atoms with Gasteiger partial charge in [-0.25, -0.2) is 0 Å². The molecule has 1 fully saturated rings. The third kappa shape index (κ3) is 1.82. The summed E-state index contributed by atoms with van der Waals surface area (Å²) in [5.74, 6) is 0. The van der Waals surface area contributed by atoms with E-state index < -0.39 is 36.7 Å². The van der Waals surface area contributed by atoms with Crippen LogP contribution in [0, 0.1) is 0 Å². The van der Waals surface area contributed by atoms with Gasteiger partial charge in [0.1, 0.15) is 0 Å². The monoisotopic (exact) mass is 262 g/mol. The molecule has 0 N–H and O–H groups in total. The molecule has 0 spiro atoms. The largest absolute Gasteiger partial charge is 0.426 e. The van der Waals surface area contributed by atoms with Gasteiger partial charge in [-0.15, -0.1) is 0 Å². The minimum atomic E-state index is -5.92. The first kappa shape index (κ1) is 13.4. The van der Waals surface area contributed by atoms with Gasteiger partial charge in [0.05, 0.1) is 0 Å². The van der Waals surface area contributed by atoms with Crippen LogP contribution >= 0.6 is 0 Å². The predicted molar refractivity (Wildman–Crippen MR) is 30.4 cm³/mol. The fraction of sp³-hybridized carbons (Fsp3) is 1.00. The summed E-state index contributed by atoms with van der Waals surface area (Å²) >= 11 is 0. The zero-order valence-corrected chi connectivity index (χ0v) is 7.09. The Hall–Kier alpha value is -0.670. The maximum absolute atomic E-state index is 12.0. The molecule has 0 aromatic carbocycles. The molecule has 1 rings (SSSR count). The highest BCUT2D eigenvalue weighted by atomic mass is 19.4. The quantitative estimate of drug-likeness (QED) is 0.609.